The minimum atomic E-state index is -0.591. The molecule has 1 aliphatic rings. The number of hydrogen-bond donors (Lipinski definition) is 0. The molecule has 1 amide bonds. The fourth-order valence-electron chi connectivity index (χ4n) is 2.99. The Morgan fingerprint density at radius 1 is 1.42 bits per heavy atom. The summed E-state index contributed by atoms with van der Waals surface area (Å²) in [4.78, 5) is 31.6. The number of ether oxygens (including phenoxy) is 1. The predicted octanol–water partition coefficient (Wildman–Crippen LogP) is 3.17. The van der Waals surface area contributed by atoms with E-state index in [-0.39, 0.29) is 17.7 Å². The maximum absolute atomic E-state index is 12.7. The second kappa shape index (κ2) is 7.57. The van der Waals surface area contributed by atoms with Gasteiger partial charge in [0, 0.05) is 25.2 Å². The van der Waals surface area contributed by atoms with E-state index in [4.69, 9.17) is 4.74 Å². The molecule has 0 saturated carbocycles. The first kappa shape index (κ1) is 16.6. The molecule has 0 aliphatic carbocycles. The number of carbonyl (C=O) groups is 2. The molecule has 24 heavy (non-hydrogen) atoms. The first-order chi connectivity index (χ1) is 11.6. The average molecular weight is 344 g/mol. The van der Waals surface area contributed by atoms with Gasteiger partial charge in [-0.1, -0.05) is 6.07 Å². The van der Waals surface area contributed by atoms with Gasteiger partial charge >= 0.3 is 0 Å². The average Bonchev–Trinajstić information content (AvgIpc) is 3.26. The van der Waals surface area contributed by atoms with Crippen molar-refractivity contribution in [2.45, 2.75) is 38.3 Å². The number of likely N-dealkylation sites (tertiary alicyclic amines) is 1. The Balaban J connectivity index is 1.61. The first-order valence-electron chi connectivity index (χ1n) is 8.09. The monoisotopic (exact) mass is 344 g/mol. The van der Waals surface area contributed by atoms with E-state index in [1.165, 1.54) is 11.3 Å². The molecule has 0 spiro atoms. The van der Waals surface area contributed by atoms with Gasteiger partial charge in [0.05, 0.1) is 11.1 Å². The van der Waals surface area contributed by atoms with Gasteiger partial charge < -0.3 is 9.64 Å². The van der Waals surface area contributed by atoms with Gasteiger partial charge in [-0.3, -0.25) is 14.6 Å². The van der Waals surface area contributed by atoms with Crippen LogP contribution in [0.15, 0.2) is 42.0 Å². The number of amides is 1. The number of aromatic nitrogens is 1. The smallest absolute Gasteiger partial charge is 0.263 e. The van der Waals surface area contributed by atoms with Gasteiger partial charge in [-0.2, -0.15) is 0 Å². The van der Waals surface area contributed by atoms with Crippen molar-refractivity contribution in [1.29, 1.82) is 0 Å². The Morgan fingerprint density at radius 3 is 3.00 bits per heavy atom. The van der Waals surface area contributed by atoms with Crippen LogP contribution in [0.1, 0.15) is 35.9 Å². The zero-order valence-electron chi connectivity index (χ0n) is 13.6. The highest BCUT2D eigenvalue weighted by molar-refractivity contribution is 7.12. The molecule has 6 heteroatoms. The Kier molecular flexibility index (Phi) is 5.25. The number of hydrogen-bond acceptors (Lipinski definition) is 5. The lowest BCUT2D eigenvalue weighted by atomic mass is 10.1. The minimum Gasteiger partial charge on any atom is -0.479 e. The van der Waals surface area contributed by atoms with Crippen LogP contribution in [0.3, 0.4) is 0 Å². The lowest BCUT2D eigenvalue weighted by molar-refractivity contribution is -0.138. The van der Waals surface area contributed by atoms with Crippen molar-refractivity contribution < 1.29 is 14.3 Å². The molecule has 1 fully saturated rings. The summed E-state index contributed by atoms with van der Waals surface area (Å²) in [5, 5.41) is 1.90. The van der Waals surface area contributed by atoms with E-state index in [1.807, 2.05) is 17.5 Å². The van der Waals surface area contributed by atoms with Crippen molar-refractivity contribution in [2.24, 2.45) is 0 Å². The Hall–Kier alpha value is -2.21. The summed E-state index contributed by atoms with van der Waals surface area (Å²) in [5.41, 5.74) is 0. The molecule has 3 rings (SSSR count). The molecule has 2 unspecified atom stereocenters. The fourth-order valence-corrected chi connectivity index (χ4v) is 3.67. The van der Waals surface area contributed by atoms with Crippen LogP contribution in [0.4, 0.5) is 0 Å². The van der Waals surface area contributed by atoms with Crippen LogP contribution in [0.2, 0.25) is 0 Å². The highest BCUT2D eigenvalue weighted by Gasteiger charge is 2.33. The van der Waals surface area contributed by atoms with Crippen LogP contribution in [0, 0.1) is 0 Å². The van der Waals surface area contributed by atoms with Gasteiger partial charge in [0.2, 0.25) is 0 Å². The number of rotatable bonds is 6. The van der Waals surface area contributed by atoms with Crippen LogP contribution in [0.25, 0.3) is 0 Å². The highest BCUT2D eigenvalue weighted by Crippen LogP contribution is 2.24. The van der Waals surface area contributed by atoms with Crippen LogP contribution in [-0.2, 0) is 4.79 Å². The van der Waals surface area contributed by atoms with Gasteiger partial charge in [0.15, 0.2) is 11.9 Å². The van der Waals surface area contributed by atoms with Crippen LogP contribution >= 0.6 is 11.3 Å². The van der Waals surface area contributed by atoms with Crippen molar-refractivity contribution in [2.75, 3.05) is 6.54 Å². The second-order valence-corrected chi connectivity index (χ2v) is 6.83. The molecular weight excluding hydrogens is 324 g/mol. The Morgan fingerprint density at radius 2 is 2.29 bits per heavy atom. The van der Waals surface area contributed by atoms with E-state index in [2.05, 4.69) is 4.98 Å². The van der Waals surface area contributed by atoms with Crippen molar-refractivity contribution in [3.05, 3.63) is 46.9 Å². The molecule has 5 nitrogen and oxygen atoms in total. The van der Waals surface area contributed by atoms with Crippen molar-refractivity contribution in [3.63, 3.8) is 0 Å². The molecule has 2 aromatic heterocycles. The fraction of sp³-hybridized carbons (Fsp3) is 0.389. The summed E-state index contributed by atoms with van der Waals surface area (Å²) < 4.78 is 5.68. The van der Waals surface area contributed by atoms with Gasteiger partial charge in [0.1, 0.15) is 5.75 Å². The lowest BCUT2D eigenvalue weighted by Crippen LogP contribution is -2.43. The van der Waals surface area contributed by atoms with E-state index < -0.39 is 6.10 Å². The number of pyridine rings is 1. The van der Waals surface area contributed by atoms with Crippen molar-refractivity contribution in [1.82, 2.24) is 9.88 Å². The number of ketones is 1. The normalized spacial score (nSPS) is 18.4. The molecule has 0 aromatic carbocycles. The third kappa shape index (κ3) is 3.82. The van der Waals surface area contributed by atoms with Gasteiger partial charge in [-0.05, 0) is 43.3 Å². The number of thiophene rings is 1. The van der Waals surface area contributed by atoms with E-state index in [9.17, 15) is 9.59 Å². The number of Topliss-reactive ketones (excluding diaryl/α,β-unsaturated/α-hetero) is 1. The first-order valence-corrected chi connectivity index (χ1v) is 8.97. The molecule has 0 N–H and O–H groups in total. The molecular formula is C18H20N2O3S. The molecule has 126 valence electrons. The van der Waals surface area contributed by atoms with Crippen molar-refractivity contribution >= 4 is 23.0 Å². The minimum absolute atomic E-state index is 0.0351. The zero-order chi connectivity index (χ0) is 16.9. The van der Waals surface area contributed by atoms with E-state index >= 15 is 0 Å². The molecule has 1 aliphatic heterocycles. The predicted molar refractivity (Wildman–Crippen MR) is 92.3 cm³/mol. The molecule has 1 saturated heterocycles. The van der Waals surface area contributed by atoms with Gasteiger partial charge in [-0.25, -0.2) is 0 Å². The quantitative estimate of drug-likeness (QED) is 0.755. The summed E-state index contributed by atoms with van der Waals surface area (Å²) in [5.74, 6) is 0.611. The van der Waals surface area contributed by atoms with E-state index in [1.54, 1.807) is 36.4 Å². The Labute approximate surface area is 145 Å². The third-order valence-electron chi connectivity index (χ3n) is 4.17. The topological polar surface area (TPSA) is 59.5 Å². The van der Waals surface area contributed by atoms with Crippen molar-refractivity contribution in [3.8, 4) is 5.75 Å². The maximum Gasteiger partial charge on any atom is 0.263 e. The molecule has 3 heterocycles. The summed E-state index contributed by atoms with van der Waals surface area (Å²) in [6.07, 6.45) is 4.83. The maximum atomic E-state index is 12.7. The highest BCUT2D eigenvalue weighted by atomic mass is 32.1. The molecule has 2 atom stereocenters. The molecule has 0 bridgehead atoms. The van der Waals surface area contributed by atoms with Crippen LogP contribution in [0.5, 0.6) is 5.75 Å². The standard InChI is InChI=1S/C18H20N2O3S/c1-13(23-15-6-2-8-19-12-15)18(22)20-9-3-5-14(20)11-16(21)17-7-4-10-24-17/h2,4,6-8,10,12-14H,3,5,9,11H2,1H3. The van der Waals surface area contributed by atoms with Gasteiger partial charge in [0.25, 0.3) is 5.91 Å². The molecule has 0 radical (unpaired) electrons. The second-order valence-electron chi connectivity index (χ2n) is 5.88. The summed E-state index contributed by atoms with van der Waals surface area (Å²) in [6, 6.07) is 7.22. The summed E-state index contributed by atoms with van der Waals surface area (Å²) in [6.45, 7) is 2.42. The summed E-state index contributed by atoms with van der Waals surface area (Å²) in [7, 11) is 0. The Bertz CT molecular complexity index is 688. The third-order valence-corrected chi connectivity index (χ3v) is 5.08. The lowest BCUT2D eigenvalue weighted by Gasteiger charge is -2.27. The largest absolute Gasteiger partial charge is 0.479 e. The van der Waals surface area contributed by atoms with E-state index in [0.29, 0.717) is 18.7 Å². The van der Waals surface area contributed by atoms with E-state index in [0.717, 1.165) is 17.7 Å². The number of nitrogens with zero attached hydrogens (tertiary/aromatic N) is 2. The van der Waals surface area contributed by atoms with Crippen LogP contribution in [-0.4, -0.2) is 40.3 Å². The zero-order valence-corrected chi connectivity index (χ0v) is 14.4. The van der Waals surface area contributed by atoms with Gasteiger partial charge in [-0.15, -0.1) is 11.3 Å². The molecule has 2 aromatic rings. The van der Waals surface area contributed by atoms with Crippen LogP contribution < -0.4 is 4.74 Å². The number of carbonyl (C=O) groups excluding carboxylic acids is 2. The SMILES string of the molecule is CC(Oc1cccnc1)C(=O)N1CCCC1CC(=O)c1cccs1. The summed E-state index contributed by atoms with van der Waals surface area (Å²) >= 11 is 1.45.